The normalized spacial score (nSPS) is 11.1. The van der Waals surface area contributed by atoms with Crippen LogP contribution in [0.15, 0.2) is 18.2 Å². The zero-order valence-electron chi connectivity index (χ0n) is 10.7. The van der Waals surface area contributed by atoms with Crippen LogP contribution in [0.25, 0.3) is 15.9 Å². The average molecular weight is 262 g/mol. The number of halogens is 1. The number of rotatable bonds is 4. The van der Waals surface area contributed by atoms with Crippen molar-refractivity contribution in [1.29, 1.82) is 0 Å². The molecule has 94 valence electrons. The van der Waals surface area contributed by atoms with E-state index in [1.54, 1.807) is 6.07 Å². The first-order chi connectivity index (χ1) is 8.65. The Morgan fingerprint density at radius 3 is 2.83 bits per heavy atom. The molecule has 2 rings (SSSR count). The summed E-state index contributed by atoms with van der Waals surface area (Å²) in [6, 6.07) is 5.59. The van der Waals surface area contributed by atoms with Crippen LogP contribution in [0.1, 0.15) is 26.1 Å². The number of hydrogen-bond donors (Lipinski definition) is 0. The van der Waals surface area contributed by atoms with Gasteiger partial charge in [0.05, 0.1) is 23.5 Å². The molecule has 0 fully saturated rings. The molecule has 1 heterocycles. The van der Waals surface area contributed by atoms with Gasteiger partial charge in [-0.3, -0.25) is 0 Å². The standard InChI is InChI=1S/C14H16ClN3/c1-10(2)6-7-18-13-8-11(16-3)4-5-12(13)17-14(18)9-15/h4-5,8,10H,6-7,9H2,1-2H3. The van der Waals surface area contributed by atoms with E-state index in [-0.39, 0.29) is 0 Å². The van der Waals surface area contributed by atoms with Gasteiger partial charge in [0, 0.05) is 6.54 Å². The molecule has 1 aromatic heterocycles. The topological polar surface area (TPSA) is 22.2 Å². The Morgan fingerprint density at radius 1 is 1.44 bits per heavy atom. The van der Waals surface area contributed by atoms with E-state index in [2.05, 4.69) is 28.2 Å². The fourth-order valence-corrected chi connectivity index (χ4v) is 2.17. The molecule has 0 spiro atoms. The third kappa shape index (κ3) is 2.49. The predicted molar refractivity (Wildman–Crippen MR) is 75.0 cm³/mol. The van der Waals surface area contributed by atoms with Gasteiger partial charge >= 0.3 is 0 Å². The van der Waals surface area contributed by atoms with Gasteiger partial charge in [-0.05, 0) is 24.5 Å². The van der Waals surface area contributed by atoms with Crippen molar-refractivity contribution in [2.45, 2.75) is 32.7 Å². The van der Waals surface area contributed by atoms with Crippen LogP contribution < -0.4 is 0 Å². The lowest BCUT2D eigenvalue weighted by Gasteiger charge is -2.09. The number of benzene rings is 1. The first-order valence-corrected chi connectivity index (χ1v) is 6.61. The maximum atomic E-state index is 7.08. The van der Waals surface area contributed by atoms with E-state index in [0.29, 0.717) is 17.5 Å². The summed E-state index contributed by atoms with van der Waals surface area (Å²) in [6.07, 6.45) is 1.08. The maximum Gasteiger partial charge on any atom is 0.189 e. The number of imidazole rings is 1. The zero-order valence-corrected chi connectivity index (χ0v) is 11.4. The Balaban J connectivity index is 2.49. The second-order valence-electron chi connectivity index (χ2n) is 4.78. The number of fused-ring (bicyclic) bond motifs is 1. The highest BCUT2D eigenvalue weighted by molar-refractivity contribution is 6.16. The minimum absolute atomic E-state index is 0.403. The monoisotopic (exact) mass is 261 g/mol. The molecule has 0 aliphatic carbocycles. The molecular weight excluding hydrogens is 246 g/mol. The Bertz CT molecular complexity index is 593. The third-order valence-corrected chi connectivity index (χ3v) is 3.23. The van der Waals surface area contributed by atoms with E-state index < -0.39 is 0 Å². The quantitative estimate of drug-likeness (QED) is 0.592. The van der Waals surface area contributed by atoms with Crippen molar-refractivity contribution in [3.8, 4) is 0 Å². The Hall–Kier alpha value is -1.53. The molecule has 4 heteroatoms. The summed E-state index contributed by atoms with van der Waals surface area (Å²) in [5.74, 6) is 1.92. The molecule has 3 nitrogen and oxygen atoms in total. The molecule has 0 amide bonds. The number of aromatic nitrogens is 2. The van der Waals surface area contributed by atoms with Crippen LogP contribution in [0, 0.1) is 12.5 Å². The number of hydrogen-bond acceptors (Lipinski definition) is 1. The van der Waals surface area contributed by atoms with Gasteiger partial charge in [0.15, 0.2) is 5.69 Å². The van der Waals surface area contributed by atoms with Crippen LogP contribution in [-0.2, 0) is 12.4 Å². The molecule has 0 saturated carbocycles. The fourth-order valence-electron chi connectivity index (χ4n) is 1.97. The fraction of sp³-hybridized carbons (Fsp3) is 0.429. The molecule has 2 aromatic rings. The Kier molecular flexibility index (Phi) is 3.88. The van der Waals surface area contributed by atoms with Crippen molar-refractivity contribution in [2.75, 3.05) is 0 Å². The van der Waals surface area contributed by atoms with Gasteiger partial charge in [-0.15, -0.1) is 11.6 Å². The minimum Gasteiger partial charge on any atom is -0.328 e. The second kappa shape index (κ2) is 5.41. The highest BCUT2D eigenvalue weighted by Gasteiger charge is 2.10. The van der Waals surface area contributed by atoms with Gasteiger partial charge in [-0.1, -0.05) is 19.9 Å². The molecular formula is C14H16ClN3. The van der Waals surface area contributed by atoms with Gasteiger partial charge in [0.25, 0.3) is 0 Å². The van der Waals surface area contributed by atoms with Gasteiger partial charge in [-0.2, -0.15) is 0 Å². The molecule has 0 aliphatic heterocycles. The highest BCUT2D eigenvalue weighted by Crippen LogP contribution is 2.24. The second-order valence-corrected chi connectivity index (χ2v) is 5.05. The van der Waals surface area contributed by atoms with Gasteiger partial charge in [0.1, 0.15) is 5.82 Å². The molecule has 1 aromatic carbocycles. The summed E-state index contributed by atoms with van der Waals surface area (Å²) >= 11 is 5.95. The SMILES string of the molecule is [C-]#[N+]c1ccc2nc(CCl)n(CCC(C)C)c2c1. The van der Waals surface area contributed by atoms with Crippen molar-refractivity contribution in [3.63, 3.8) is 0 Å². The summed E-state index contributed by atoms with van der Waals surface area (Å²) in [5.41, 5.74) is 2.58. The van der Waals surface area contributed by atoms with Crippen molar-refractivity contribution in [3.05, 3.63) is 35.4 Å². The van der Waals surface area contributed by atoms with Crippen molar-refractivity contribution >= 4 is 28.3 Å². The van der Waals surface area contributed by atoms with Crippen molar-refractivity contribution < 1.29 is 0 Å². The summed E-state index contributed by atoms with van der Waals surface area (Å²) in [4.78, 5) is 7.98. The number of aryl methyl sites for hydroxylation is 1. The first kappa shape index (κ1) is 12.9. The largest absolute Gasteiger partial charge is 0.328 e. The molecule has 18 heavy (non-hydrogen) atoms. The molecule has 0 atom stereocenters. The molecule has 0 radical (unpaired) electrons. The van der Waals surface area contributed by atoms with E-state index in [4.69, 9.17) is 18.2 Å². The maximum absolute atomic E-state index is 7.08. The van der Waals surface area contributed by atoms with Gasteiger partial charge < -0.3 is 4.57 Å². The van der Waals surface area contributed by atoms with Gasteiger partial charge in [-0.25, -0.2) is 9.83 Å². The molecule has 0 unspecified atom stereocenters. The first-order valence-electron chi connectivity index (χ1n) is 6.08. The summed E-state index contributed by atoms with van der Waals surface area (Å²) in [5, 5.41) is 0. The highest BCUT2D eigenvalue weighted by atomic mass is 35.5. The van der Waals surface area contributed by atoms with Crippen LogP contribution >= 0.6 is 11.6 Å². The Labute approximate surface area is 112 Å². The molecule has 0 aliphatic rings. The van der Waals surface area contributed by atoms with E-state index in [9.17, 15) is 0 Å². The summed E-state index contributed by atoms with van der Waals surface area (Å²) in [6.45, 7) is 12.4. The van der Waals surface area contributed by atoms with Crippen LogP contribution in [-0.4, -0.2) is 9.55 Å². The zero-order chi connectivity index (χ0) is 13.1. The minimum atomic E-state index is 0.403. The van der Waals surface area contributed by atoms with Crippen molar-refractivity contribution in [1.82, 2.24) is 9.55 Å². The molecule has 0 N–H and O–H groups in total. The van der Waals surface area contributed by atoms with E-state index >= 15 is 0 Å². The van der Waals surface area contributed by atoms with Crippen LogP contribution in [0.2, 0.25) is 0 Å². The Morgan fingerprint density at radius 2 is 2.22 bits per heavy atom. The van der Waals surface area contributed by atoms with Crippen LogP contribution in [0.5, 0.6) is 0 Å². The average Bonchev–Trinajstić information content (AvgIpc) is 2.72. The van der Waals surface area contributed by atoms with Crippen LogP contribution in [0.4, 0.5) is 5.69 Å². The number of nitrogens with zero attached hydrogens (tertiary/aromatic N) is 3. The summed E-state index contributed by atoms with van der Waals surface area (Å²) < 4.78 is 2.14. The lowest BCUT2D eigenvalue weighted by Crippen LogP contribution is -2.04. The molecule has 0 bridgehead atoms. The lowest BCUT2D eigenvalue weighted by molar-refractivity contribution is 0.516. The van der Waals surface area contributed by atoms with Crippen LogP contribution in [0.3, 0.4) is 0 Å². The van der Waals surface area contributed by atoms with E-state index in [0.717, 1.165) is 29.8 Å². The number of alkyl halides is 1. The van der Waals surface area contributed by atoms with E-state index in [1.165, 1.54) is 0 Å². The third-order valence-electron chi connectivity index (χ3n) is 2.99. The predicted octanol–water partition coefficient (Wildman–Crippen LogP) is 4.37. The van der Waals surface area contributed by atoms with Crippen molar-refractivity contribution in [2.24, 2.45) is 5.92 Å². The smallest absolute Gasteiger partial charge is 0.189 e. The van der Waals surface area contributed by atoms with Gasteiger partial charge in [0.2, 0.25) is 0 Å². The lowest BCUT2D eigenvalue weighted by atomic mass is 10.1. The molecule has 0 saturated heterocycles. The summed E-state index contributed by atoms with van der Waals surface area (Å²) in [7, 11) is 0. The van der Waals surface area contributed by atoms with E-state index in [1.807, 2.05) is 12.1 Å².